The van der Waals surface area contributed by atoms with Crippen LogP contribution in [0.1, 0.15) is 0 Å². The lowest BCUT2D eigenvalue weighted by molar-refractivity contribution is -0.145. The summed E-state index contributed by atoms with van der Waals surface area (Å²) in [5.74, 6) is 0.760. The lowest BCUT2D eigenvalue weighted by Crippen LogP contribution is -2.25. The fraction of sp³-hybridized carbons (Fsp3) is 0.385. The van der Waals surface area contributed by atoms with Gasteiger partial charge in [-0.2, -0.15) is 0 Å². The number of thioether (sulfide) groups is 1. The van der Waals surface area contributed by atoms with Gasteiger partial charge in [0.05, 0.1) is 5.75 Å². The molecule has 1 N–H and O–H groups in total. The van der Waals surface area contributed by atoms with Crippen molar-refractivity contribution in [2.45, 2.75) is 4.90 Å². The Hall–Kier alpha value is -1.89. The summed E-state index contributed by atoms with van der Waals surface area (Å²) in [4.78, 5) is 23.3. The number of nitrogens with one attached hydrogen (secondary N) is 1. The molecule has 1 aliphatic rings. The average Bonchev–Trinajstić information content (AvgIpc) is 2.50. The molecule has 1 aromatic carbocycles. The van der Waals surface area contributed by atoms with E-state index in [-0.39, 0.29) is 18.3 Å². The normalized spacial score (nSPS) is 12.7. The van der Waals surface area contributed by atoms with E-state index in [0.717, 1.165) is 4.90 Å². The van der Waals surface area contributed by atoms with Crippen LogP contribution in [0.15, 0.2) is 23.1 Å². The summed E-state index contributed by atoms with van der Waals surface area (Å²) in [6, 6.07) is 5.49. The zero-order valence-corrected chi connectivity index (χ0v) is 11.8. The molecule has 0 aliphatic carbocycles. The van der Waals surface area contributed by atoms with E-state index in [9.17, 15) is 9.59 Å². The quantitative estimate of drug-likeness (QED) is 0.641. The first-order valence-corrected chi connectivity index (χ1v) is 7.06. The van der Waals surface area contributed by atoms with E-state index in [1.807, 2.05) is 18.2 Å². The lowest BCUT2D eigenvalue weighted by Gasteiger charge is -2.18. The second-order valence-corrected chi connectivity index (χ2v) is 4.98. The maximum absolute atomic E-state index is 11.4. The predicted octanol–water partition coefficient (Wildman–Crippen LogP) is 0.839. The predicted molar refractivity (Wildman–Crippen MR) is 73.2 cm³/mol. The molecule has 7 heteroatoms. The van der Waals surface area contributed by atoms with Crippen molar-refractivity contribution in [3.8, 4) is 11.5 Å². The van der Waals surface area contributed by atoms with E-state index < -0.39 is 5.97 Å². The standard InChI is InChI=1S/C13H15NO5S/c1-14-12(15)7-19-13(16)8-20-9-2-3-10-11(6-9)18-5-4-17-10/h2-3,6H,4-5,7-8H2,1H3,(H,14,15). The van der Waals surface area contributed by atoms with Crippen LogP contribution >= 0.6 is 11.8 Å². The Morgan fingerprint density at radius 2 is 2.05 bits per heavy atom. The lowest BCUT2D eigenvalue weighted by atomic mass is 10.3. The van der Waals surface area contributed by atoms with Crippen molar-refractivity contribution in [2.75, 3.05) is 32.6 Å². The van der Waals surface area contributed by atoms with Gasteiger partial charge in [-0.25, -0.2) is 0 Å². The molecular weight excluding hydrogens is 282 g/mol. The molecule has 1 aliphatic heterocycles. The fourth-order valence-corrected chi connectivity index (χ4v) is 2.24. The summed E-state index contributed by atoms with van der Waals surface area (Å²) in [5.41, 5.74) is 0. The summed E-state index contributed by atoms with van der Waals surface area (Å²) in [7, 11) is 1.49. The van der Waals surface area contributed by atoms with Crippen LogP contribution in [-0.2, 0) is 14.3 Å². The zero-order valence-electron chi connectivity index (χ0n) is 11.0. The Kier molecular flexibility index (Phi) is 5.11. The van der Waals surface area contributed by atoms with E-state index in [1.165, 1.54) is 18.8 Å². The van der Waals surface area contributed by atoms with Crippen molar-refractivity contribution in [3.05, 3.63) is 18.2 Å². The molecule has 0 radical (unpaired) electrons. The minimum atomic E-state index is -0.437. The van der Waals surface area contributed by atoms with Gasteiger partial charge >= 0.3 is 5.97 Å². The van der Waals surface area contributed by atoms with Crippen molar-refractivity contribution >= 4 is 23.6 Å². The first-order valence-electron chi connectivity index (χ1n) is 6.07. The van der Waals surface area contributed by atoms with E-state index >= 15 is 0 Å². The monoisotopic (exact) mass is 297 g/mol. The van der Waals surface area contributed by atoms with Crippen LogP contribution in [0.25, 0.3) is 0 Å². The van der Waals surface area contributed by atoms with Crippen LogP contribution in [0.4, 0.5) is 0 Å². The maximum atomic E-state index is 11.4. The molecule has 0 atom stereocenters. The summed E-state index contributed by atoms with van der Waals surface area (Å²) < 4.78 is 15.7. The van der Waals surface area contributed by atoms with Crippen LogP contribution in [0.5, 0.6) is 11.5 Å². The van der Waals surface area contributed by atoms with Gasteiger partial charge in [0.1, 0.15) is 13.2 Å². The van der Waals surface area contributed by atoms with Gasteiger partial charge < -0.3 is 19.5 Å². The molecule has 2 rings (SSSR count). The van der Waals surface area contributed by atoms with Gasteiger partial charge in [0, 0.05) is 11.9 Å². The summed E-state index contributed by atoms with van der Waals surface area (Å²) in [6.07, 6.45) is 0. The summed E-state index contributed by atoms with van der Waals surface area (Å²) in [5, 5.41) is 2.37. The Morgan fingerprint density at radius 3 is 2.80 bits per heavy atom. The molecule has 6 nitrogen and oxygen atoms in total. The van der Waals surface area contributed by atoms with E-state index in [0.29, 0.717) is 24.7 Å². The summed E-state index contributed by atoms with van der Waals surface area (Å²) >= 11 is 1.32. The Morgan fingerprint density at radius 1 is 1.30 bits per heavy atom. The van der Waals surface area contributed by atoms with Crippen LogP contribution in [0.2, 0.25) is 0 Å². The number of rotatable bonds is 5. The molecule has 1 aromatic rings. The van der Waals surface area contributed by atoms with Gasteiger partial charge in [0.2, 0.25) is 0 Å². The second-order valence-electron chi connectivity index (χ2n) is 3.93. The molecule has 0 unspecified atom stereocenters. The highest BCUT2D eigenvalue weighted by atomic mass is 32.2. The first kappa shape index (κ1) is 14.5. The highest BCUT2D eigenvalue weighted by molar-refractivity contribution is 8.00. The Balaban J connectivity index is 1.81. The molecule has 108 valence electrons. The number of benzene rings is 1. The fourth-order valence-electron chi connectivity index (χ4n) is 1.52. The minimum Gasteiger partial charge on any atom is -0.486 e. The summed E-state index contributed by atoms with van der Waals surface area (Å²) in [6.45, 7) is 0.817. The number of amides is 1. The molecule has 1 amide bonds. The molecule has 0 saturated heterocycles. The number of esters is 1. The van der Waals surface area contributed by atoms with Crippen molar-refractivity contribution in [2.24, 2.45) is 0 Å². The number of fused-ring (bicyclic) bond motifs is 1. The molecule has 0 saturated carbocycles. The van der Waals surface area contributed by atoms with Gasteiger partial charge in [-0.05, 0) is 18.2 Å². The highest BCUT2D eigenvalue weighted by Gasteiger charge is 2.13. The first-order chi connectivity index (χ1) is 9.69. The molecular formula is C13H15NO5S. The average molecular weight is 297 g/mol. The van der Waals surface area contributed by atoms with Crippen LogP contribution in [0.3, 0.4) is 0 Å². The van der Waals surface area contributed by atoms with Gasteiger partial charge in [0.15, 0.2) is 18.1 Å². The second kappa shape index (κ2) is 7.04. The van der Waals surface area contributed by atoms with Crippen molar-refractivity contribution in [1.82, 2.24) is 5.32 Å². The van der Waals surface area contributed by atoms with Crippen molar-refractivity contribution in [3.63, 3.8) is 0 Å². The number of carbonyl (C=O) groups is 2. The number of ether oxygens (including phenoxy) is 3. The van der Waals surface area contributed by atoms with Crippen LogP contribution in [-0.4, -0.2) is 44.5 Å². The molecule has 0 spiro atoms. The molecule has 0 fully saturated rings. The number of hydrogen-bond acceptors (Lipinski definition) is 6. The van der Waals surface area contributed by atoms with Gasteiger partial charge in [0.25, 0.3) is 5.91 Å². The van der Waals surface area contributed by atoms with Gasteiger partial charge in [-0.1, -0.05) is 0 Å². The largest absolute Gasteiger partial charge is 0.486 e. The van der Waals surface area contributed by atoms with Crippen LogP contribution < -0.4 is 14.8 Å². The number of likely N-dealkylation sites (N-methyl/N-ethyl adjacent to an activating group) is 1. The van der Waals surface area contributed by atoms with Crippen molar-refractivity contribution < 1.29 is 23.8 Å². The SMILES string of the molecule is CNC(=O)COC(=O)CSc1ccc2c(c1)OCCO2. The number of carbonyl (C=O) groups excluding carboxylic acids is 2. The topological polar surface area (TPSA) is 73.9 Å². The Labute approximate surface area is 120 Å². The molecule has 0 aromatic heterocycles. The van der Waals surface area contributed by atoms with Crippen LogP contribution in [0, 0.1) is 0 Å². The number of hydrogen-bond donors (Lipinski definition) is 1. The molecule has 1 heterocycles. The minimum absolute atomic E-state index is 0.136. The highest BCUT2D eigenvalue weighted by Crippen LogP contribution is 2.34. The molecule has 20 heavy (non-hydrogen) atoms. The van der Waals surface area contributed by atoms with E-state index in [4.69, 9.17) is 14.2 Å². The van der Waals surface area contributed by atoms with Gasteiger partial charge in [-0.15, -0.1) is 11.8 Å². The third-order valence-corrected chi connectivity index (χ3v) is 3.48. The van der Waals surface area contributed by atoms with Crippen molar-refractivity contribution in [1.29, 1.82) is 0 Å². The smallest absolute Gasteiger partial charge is 0.316 e. The van der Waals surface area contributed by atoms with E-state index in [1.54, 1.807) is 0 Å². The van der Waals surface area contributed by atoms with E-state index in [2.05, 4.69) is 5.32 Å². The Bertz CT molecular complexity index is 506. The molecule has 0 bridgehead atoms. The third-order valence-electron chi connectivity index (χ3n) is 2.51. The van der Waals surface area contributed by atoms with Gasteiger partial charge in [-0.3, -0.25) is 9.59 Å². The third kappa shape index (κ3) is 4.06. The maximum Gasteiger partial charge on any atom is 0.316 e. The zero-order chi connectivity index (χ0) is 14.4.